The van der Waals surface area contributed by atoms with Crippen LogP contribution in [0.5, 0.6) is 0 Å². The highest BCUT2D eigenvalue weighted by Crippen LogP contribution is 2.33. The molecule has 6 rings (SSSR count). The number of anilines is 1. The van der Waals surface area contributed by atoms with Crippen molar-refractivity contribution in [1.82, 2.24) is 14.8 Å². The van der Waals surface area contributed by atoms with Gasteiger partial charge in [-0.2, -0.15) is 5.10 Å². The Hall–Kier alpha value is -3.70. The number of nitrogens with zero attached hydrogens (tertiary/aromatic N) is 3. The van der Waals surface area contributed by atoms with Crippen LogP contribution in [0.4, 0.5) is 5.69 Å². The molecule has 1 saturated heterocycles. The van der Waals surface area contributed by atoms with Crippen molar-refractivity contribution < 1.29 is 4.74 Å². The maximum absolute atomic E-state index is 5.49. The van der Waals surface area contributed by atoms with Gasteiger partial charge in [0.05, 0.1) is 22.4 Å². The molecule has 1 N–H and O–H groups in total. The highest BCUT2D eigenvalue weighted by molar-refractivity contribution is 5.99. The van der Waals surface area contributed by atoms with E-state index in [1.807, 2.05) is 18.3 Å². The lowest BCUT2D eigenvalue weighted by Crippen LogP contribution is -2.27. The number of aromatic nitrogens is 3. The van der Waals surface area contributed by atoms with Crippen LogP contribution in [0.1, 0.15) is 18.5 Å². The van der Waals surface area contributed by atoms with E-state index in [0.717, 1.165) is 76.1 Å². The lowest BCUT2D eigenvalue weighted by Gasteiger charge is -2.24. The standard InChI is InChI=1S/C28H26N4O/c1-19-28-25(21-16-20-6-2-3-10-26(20)29-18-21)9-5-11-27(28)32(31-19)24-8-4-7-23(17-24)30-22-12-14-33-15-13-22/h2-11,16-18,22,30H,12-15H2,1H3. The fourth-order valence-corrected chi connectivity index (χ4v) is 4.81. The van der Waals surface area contributed by atoms with Gasteiger partial charge in [0.2, 0.25) is 0 Å². The molecule has 5 aromatic rings. The van der Waals surface area contributed by atoms with Crippen LogP contribution in [0.25, 0.3) is 38.6 Å². The van der Waals surface area contributed by atoms with Gasteiger partial charge in [-0.1, -0.05) is 36.4 Å². The molecule has 1 aliphatic rings. The molecule has 164 valence electrons. The Morgan fingerprint density at radius 2 is 1.79 bits per heavy atom. The summed E-state index contributed by atoms with van der Waals surface area (Å²) in [6, 6.07) is 25.8. The molecule has 5 heteroatoms. The maximum Gasteiger partial charge on any atom is 0.0750 e. The van der Waals surface area contributed by atoms with E-state index < -0.39 is 0 Å². The lowest BCUT2D eigenvalue weighted by atomic mass is 10.0. The van der Waals surface area contributed by atoms with Gasteiger partial charge < -0.3 is 10.1 Å². The summed E-state index contributed by atoms with van der Waals surface area (Å²) in [5.41, 5.74) is 7.56. The third-order valence-corrected chi connectivity index (χ3v) is 6.47. The molecular weight excluding hydrogens is 408 g/mol. The normalized spacial score (nSPS) is 14.7. The quantitative estimate of drug-likeness (QED) is 0.369. The number of rotatable bonds is 4. The highest BCUT2D eigenvalue weighted by Gasteiger charge is 2.16. The SMILES string of the molecule is Cc1nn(-c2cccc(NC3CCOCC3)c2)c2cccc(-c3cnc4ccccc4c3)c12. The second-order valence-electron chi connectivity index (χ2n) is 8.69. The minimum absolute atomic E-state index is 0.456. The van der Waals surface area contributed by atoms with Gasteiger partial charge in [0.25, 0.3) is 0 Å². The number of aryl methyl sites for hydroxylation is 1. The van der Waals surface area contributed by atoms with Crippen LogP contribution in [0.2, 0.25) is 0 Å². The van der Waals surface area contributed by atoms with Crippen LogP contribution in [0.3, 0.4) is 0 Å². The predicted octanol–water partition coefficient (Wildman–Crippen LogP) is 6.14. The van der Waals surface area contributed by atoms with Crippen LogP contribution in [-0.4, -0.2) is 34.0 Å². The monoisotopic (exact) mass is 434 g/mol. The van der Waals surface area contributed by atoms with Crippen molar-refractivity contribution in [3.63, 3.8) is 0 Å². The fraction of sp³-hybridized carbons (Fsp3) is 0.214. The number of para-hydroxylation sites is 1. The van der Waals surface area contributed by atoms with E-state index >= 15 is 0 Å². The van der Waals surface area contributed by atoms with E-state index in [2.05, 4.69) is 82.6 Å². The first-order chi connectivity index (χ1) is 16.3. The molecule has 0 aliphatic carbocycles. The van der Waals surface area contributed by atoms with Gasteiger partial charge in [-0.15, -0.1) is 0 Å². The van der Waals surface area contributed by atoms with Gasteiger partial charge >= 0.3 is 0 Å². The minimum Gasteiger partial charge on any atom is -0.382 e. The number of nitrogens with one attached hydrogen (secondary N) is 1. The average Bonchev–Trinajstić information content (AvgIpc) is 3.21. The summed E-state index contributed by atoms with van der Waals surface area (Å²) in [6.45, 7) is 3.74. The Morgan fingerprint density at radius 3 is 2.70 bits per heavy atom. The molecule has 0 atom stereocenters. The number of benzene rings is 3. The summed E-state index contributed by atoms with van der Waals surface area (Å²) in [5.74, 6) is 0. The summed E-state index contributed by atoms with van der Waals surface area (Å²) < 4.78 is 7.55. The first kappa shape index (κ1) is 19.9. The van der Waals surface area contributed by atoms with Gasteiger partial charge in [-0.3, -0.25) is 4.98 Å². The van der Waals surface area contributed by atoms with E-state index in [9.17, 15) is 0 Å². The minimum atomic E-state index is 0.456. The van der Waals surface area contributed by atoms with Gasteiger partial charge in [0, 0.05) is 47.5 Å². The molecule has 0 amide bonds. The molecule has 2 aromatic heterocycles. The first-order valence-corrected chi connectivity index (χ1v) is 11.5. The molecular formula is C28H26N4O. The molecule has 0 spiro atoms. The summed E-state index contributed by atoms with van der Waals surface area (Å²) in [4.78, 5) is 4.68. The van der Waals surface area contributed by atoms with Crippen molar-refractivity contribution in [2.24, 2.45) is 0 Å². The van der Waals surface area contributed by atoms with E-state index in [1.165, 1.54) is 0 Å². The van der Waals surface area contributed by atoms with Gasteiger partial charge in [0.15, 0.2) is 0 Å². The fourth-order valence-electron chi connectivity index (χ4n) is 4.81. The molecule has 0 radical (unpaired) electrons. The van der Waals surface area contributed by atoms with E-state index in [0.29, 0.717) is 6.04 Å². The average molecular weight is 435 g/mol. The zero-order valence-electron chi connectivity index (χ0n) is 18.7. The van der Waals surface area contributed by atoms with Crippen LogP contribution < -0.4 is 5.32 Å². The van der Waals surface area contributed by atoms with E-state index in [4.69, 9.17) is 9.84 Å². The molecule has 5 nitrogen and oxygen atoms in total. The number of hydrogen-bond acceptors (Lipinski definition) is 4. The molecule has 0 bridgehead atoms. The Kier molecular flexibility index (Phi) is 5.04. The highest BCUT2D eigenvalue weighted by atomic mass is 16.5. The Bertz CT molecular complexity index is 1450. The van der Waals surface area contributed by atoms with Gasteiger partial charge in [-0.25, -0.2) is 4.68 Å². The van der Waals surface area contributed by atoms with E-state index in [-0.39, 0.29) is 0 Å². The van der Waals surface area contributed by atoms with Crippen LogP contribution in [0.15, 0.2) is 79.0 Å². The maximum atomic E-state index is 5.49. The van der Waals surface area contributed by atoms with Crippen molar-refractivity contribution >= 4 is 27.5 Å². The van der Waals surface area contributed by atoms with Crippen molar-refractivity contribution in [3.8, 4) is 16.8 Å². The predicted molar refractivity (Wildman–Crippen MR) is 134 cm³/mol. The second kappa shape index (κ2) is 8.34. The van der Waals surface area contributed by atoms with Gasteiger partial charge in [-0.05, 0) is 61.7 Å². The third-order valence-electron chi connectivity index (χ3n) is 6.47. The zero-order chi connectivity index (χ0) is 22.2. The summed E-state index contributed by atoms with van der Waals surface area (Å²) in [5, 5.41) is 10.9. The van der Waals surface area contributed by atoms with Gasteiger partial charge in [0.1, 0.15) is 0 Å². The molecule has 1 aliphatic heterocycles. The van der Waals surface area contributed by atoms with Crippen LogP contribution >= 0.6 is 0 Å². The van der Waals surface area contributed by atoms with Crippen LogP contribution in [0, 0.1) is 6.92 Å². The zero-order valence-corrected chi connectivity index (χ0v) is 18.7. The smallest absolute Gasteiger partial charge is 0.0750 e. The lowest BCUT2D eigenvalue weighted by molar-refractivity contribution is 0.0904. The molecule has 33 heavy (non-hydrogen) atoms. The summed E-state index contributed by atoms with van der Waals surface area (Å²) >= 11 is 0. The summed E-state index contributed by atoms with van der Waals surface area (Å²) in [7, 11) is 0. The first-order valence-electron chi connectivity index (χ1n) is 11.5. The largest absolute Gasteiger partial charge is 0.382 e. The Labute approximate surface area is 193 Å². The number of pyridine rings is 1. The molecule has 1 fully saturated rings. The second-order valence-corrected chi connectivity index (χ2v) is 8.69. The van der Waals surface area contributed by atoms with Crippen molar-refractivity contribution in [2.75, 3.05) is 18.5 Å². The molecule has 0 unspecified atom stereocenters. The number of hydrogen-bond donors (Lipinski definition) is 1. The van der Waals surface area contributed by atoms with E-state index in [1.54, 1.807) is 0 Å². The topological polar surface area (TPSA) is 52.0 Å². The van der Waals surface area contributed by atoms with Crippen LogP contribution in [-0.2, 0) is 4.74 Å². The van der Waals surface area contributed by atoms with Crippen molar-refractivity contribution in [3.05, 3.63) is 84.7 Å². The summed E-state index contributed by atoms with van der Waals surface area (Å²) in [6.07, 6.45) is 4.04. The molecule has 0 saturated carbocycles. The Balaban J connectivity index is 1.42. The Morgan fingerprint density at radius 1 is 0.939 bits per heavy atom. The number of ether oxygens (including phenoxy) is 1. The number of fused-ring (bicyclic) bond motifs is 2. The van der Waals surface area contributed by atoms with Crippen molar-refractivity contribution in [2.45, 2.75) is 25.8 Å². The third kappa shape index (κ3) is 3.74. The molecule has 3 heterocycles. The van der Waals surface area contributed by atoms with Crippen molar-refractivity contribution in [1.29, 1.82) is 0 Å². The molecule has 3 aromatic carbocycles.